The first-order valence-corrected chi connectivity index (χ1v) is 4.78. The van der Waals surface area contributed by atoms with E-state index >= 15 is 0 Å². The zero-order valence-electron chi connectivity index (χ0n) is 7.87. The Morgan fingerprint density at radius 2 is 1.83 bits per heavy atom. The van der Waals surface area contributed by atoms with Crippen LogP contribution < -0.4 is 0 Å². The van der Waals surface area contributed by atoms with Gasteiger partial charge in [-0.3, -0.25) is 0 Å². The normalized spacial score (nSPS) is 10.9. The van der Waals surface area contributed by atoms with Gasteiger partial charge < -0.3 is 10.0 Å². The van der Waals surface area contributed by atoms with Gasteiger partial charge in [-0.1, -0.05) is 38.3 Å². The van der Waals surface area contributed by atoms with E-state index in [1.807, 2.05) is 12.2 Å². The molecule has 0 saturated heterocycles. The van der Waals surface area contributed by atoms with E-state index in [1.165, 1.54) is 25.7 Å². The number of hydrogen-bond acceptors (Lipinski definition) is 2. The summed E-state index contributed by atoms with van der Waals surface area (Å²) < 4.78 is 0. The standard InChI is InChI=1S/C9H19BO2/c1-2-3-4-5-6-7-8-9-10(11)12/h7-8,11-12H,2-6,9H2,1H3/b8-7+. The van der Waals surface area contributed by atoms with E-state index in [-0.39, 0.29) is 0 Å². The topological polar surface area (TPSA) is 40.5 Å². The molecule has 0 heterocycles. The Bertz CT molecular complexity index is 113. The van der Waals surface area contributed by atoms with Crippen LogP contribution in [-0.4, -0.2) is 17.2 Å². The molecule has 0 aromatic carbocycles. The largest absolute Gasteiger partial charge is 0.455 e. The monoisotopic (exact) mass is 170 g/mol. The average molecular weight is 170 g/mol. The van der Waals surface area contributed by atoms with Crippen molar-refractivity contribution in [2.24, 2.45) is 0 Å². The van der Waals surface area contributed by atoms with Crippen molar-refractivity contribution in [2.75, 3.05) is 0 Å². The third kappa shape index (κ3) is 9.72. The van der Waals surface area contributed by atoms with Gasteiger partial charge in [0.05, 0.1) is 0 Å². The van der Waals surface area contributed by atoms with Crippen LogP contribution in [0, 0.1) is 0 Å². The van der Waals surface area contributed by atoms with Gasteiger partial charge in [0.25, 0.3) is 0 Å². The molecule has 0 radical (unpaired) electrons. The predicted molar refractivity (Wildman–Crippen MR) is 52.9 cm³/mol. The van der Waals surface area contributed by atoms with Gasteiger partial charge in [-0.2, -0.15) is 0 Å². The van der Waals surface area contributed by atoms with Gasteiger partial charge >= 0.3 is 7.12 Å². The van der Waals surface area contributed by atoms with E-state index in [2.05, 4.69) is 6.92 Å². The Kier molecular flexibility index (Phi) is 8.62. The van der Waals surface area contributed by atoms with Crippen LogP contribution in [0.1, 0.15) is 39.0 Å². The molecule has 0 spiro atoms. The lowest BCUT2D eigenvalue weighted by molar-refractivity contribution is 0.411. The average Bonchev–Trinajstić information content (AvgIpc) is 2.02. The van der Waals surface area contributed by atoms with Gasteiger partial charge in [0.2, 0.25) is 0 Å². The smallest absolute Gasteiger partial charge is 0.427 e. The van der Waals surface area contributed by atoms with Crippen molar-refractivity contribution in [3.8, 4) is 0 Å². The van der Waals surface area contributed by atoms with Crippen LogP contribution in [0.3, 0.4) is 0 Å². The maximum Gasteiger partial charge on any atom is 0.455 e. The van der Waals surface area contributed by atoms with Gasteiger partial charge in [-0.15, -0.1) is 0 Å². The van der Waals surface area contributed by atoms with Crippen LogP contribution in [0.25, 0.3) is 0 Å². The molecule has 0 fully saturated rings. The molecule has 0 unspecified atom stereocenters. The van der Waals surface area contributed by atoms with Gasteiger partial charge in [0, 0.05) is 0 Å². The lowest BCUT2D eigenvalue weighted by atomic mass is 9.86. The second-order valence-electron chi connectivity index (χ2n) is 3.04. The second kappa shape index (κ2) is 8.82. The summed E-state index contributed by atoms with van der Waals surface area (Å²) in [6.45, 7) is 2.19. The third-order valence-corrected chi connectivity index (χ3v) is 1.74. The predicted octanol–water partition coefficient (Wildman–Crippen LogP) is 1.99. The van der Waals surface area contributed by atoms with E-state index in [0.717, 1.165) is 6.42 Å². The molecule has 0 aliphatic carbocycles. The molecular formula is C9H19BO2. The summed E-state index contributed by atoms with van der Waals surface area (Å²) in [7, 11) is -1.18. The molecule has 70 valence electrons. The molecule has 2 nitrogen and oxygen atoms in total. The van der Waals surface area contributed by atoms with E-state index < -0.39 is 7.12 Å². The maximum atomic E-state index is 8.50. The molecule has 0 aliphatic heterocycles. The molecule has 0 aliphatic rings. The number of hydrogen-bond donors (Lipinski definition) is 2. The van der Waals surface area contributed by atoms with Gasteiger partial charge in [0.15, 0.2) is 0 Å². The van der Waals surface area contributed by atoms with Crippen LogP contribution >= 0.6 is 0 Å². The molecule has 2 N–H and O–H groups in total. The Labute approximate surface area is 75.5 Å². The minimum atomic E-state index is -1.18. The van der Waals surface area contributed by atoms with Crippen molar-refractivity contribution in [2.45, 2.75) is 45.3 Å². The third-order valence-electron chi connectivity index (χ3n) is 1.74. The Morgan fingerprint density at radius 1 is 1.08 bits per heavy atom. The minimum Gasteiger partial charge on any atom is -0.427 e. The summed E-state index contributed by atoms with van der Waals surface area (Å²) in [5, 5.41) is 17.0. The Hall–Kier alpha value is -0.275. The van der Waals surface area contributed by atoms with E-state index in [4.69, 9.17) is 10.0 Å². The highest BCUT2D eigenvalue weighted by Gasteiger charge is 2.00. The molecule has 0 aromatic rings. The van der Waals surface area contributed by atoms with Gasteiger partial charge in [0.1, 0.15) is 0 Å². The van der Waals surface area contributed by atoms with Crippen LogP contribution in [0.5, 0.6) is 0 Å². The highest BCUT2D eigenvalue weighted by Crippen LogP contribution is 2.03. The quantitative estimate of drug-likeness (QED) is 0.348. The van der Waals surface area contributed by atoms with Crippen molar-refractivity contribution in [1.82, 2.24) is 0 Å². The first kappa shape index (κ1) is 11.7. The van der Waals surface area contributed by atoms with Crippen LogP contribution in [0.4, 0.5) is 0 Å². The first-order valence-electron chi connectivity index (χ1n) is 4.78. The SMILES string of the molecule is CCCCCC/C=C/CB(O)O. The molecular weight excluding hydrogens is 151 g/mol. The summed E-state index contributed by atoms with van der Waals surface area (Å²) >= 11 is 0. The Balaban J connectivity index is 3.03. The summed E-state index contributed by atoms with van der Waals surface area (Å²) in [6.07, 6.45) is 10.3. The fourth-order valence-corrected chi connectivity index (χ4v) is 1.02. The van der Waals surface area contributed by atoms with Crippen molar-refractivity contribution in [3.63, 3.8) is 0 Å². The first-order chi connectivity index (χ1) is 5.77. The second-order valence-corrected chi connectivity index (χ2v) is 3.04. The highest BCUT2D eigenvalue weighted by molar-refractivity contribution is 6.41. The lowest BCUT2D eigenvalue weighted by Crippen LogP contribution is -2.07. The molecule has 0 amide bonds. The summed E-state index contributed by atoms with van der Waals surface area (Å²) in [4.78, 5) is 0. The van der Waals surface area contributed by atoms with Crippen LogP contribution in [0.2, 0.25) is 6.32 Å². The lowest BCUT2D eigenvalue weighted by Gasteiger charge is -1.94. The molecule has 0 saturated carbocycles. The van der Waals surface area contributed by atoms with Crippen LogP contribution in [0.15, 0.2) is 12.2 Å². The number of rotatable bonds is 7. The van der Waals surface area contributed by atoms with Crippen molar-refractivity contribution >= 4 is 7.12 Å². The molecule has 0 atom stereocenters. The Morgan fingerprint density at radius 3 is 2.42 bits per heavy atom. The zero-order chi connectivity index (χ0) is 9.23. The zero-order valence-corrected chi connectivity index (χ0v) is 7.87. The van der Waals surface area contributed by atoms with Crippen molar-refractivity contribution in [3.05, 3.63) is 12.2 Å². The van der Waals surface area contributed by atoms with Gasteiger partial charge in [-0.25, -0.2) is 0 Å². The van der Waals surface area contributed by atoms with Crippen molar-refractivity contribution in [1.29, 1.82) is 0 Å². The van der Waals surface area contributed by atoms with Gasteiger partial charge in [-0.05, 0) is 19.2 Å². The summed E-state index contributed by atoms with van der Waals surface area (Å²) in [5.74, 6) is 0. The maximum absolute atomic E-state index is 8.50. The molecule has 3 heteroatoms. The van der Waals surface area contributed by atoms with E-state index in [9.17, 15) is 0 Å². The fraction of sp³-hybridized carbons (Fsp3) is 0.778. The number of unbranched alkanes of at least 4 members (excludes halogenated alkanes) is 4. The summed E-state index contributed by atoms with van der Waals surface area (Å²) in [6, 6.07) is 0. The molecule has 12 heavy (non-hydrogen) atoms. The number of allylic oxidation sites excluding steroid dienone is 2. The summed E-state index contributed by atoms with van der Waals surface area (Å²) in [5.41, 5.74) is 0. The van der Waals surface area contributed by atoms with Crippen LogP contribution in [-0.2, 0) is 0 Å². The van der Waals surface area contributed by atoms with E-state index in [1.54, 1.807) is 0 Å². The molecule has 0 bridgehead atoms. The molecule has 0 aromatic heterocycles. The van der Waals surface area contributed by atoms with E-state index in [0.29, 0.717) is 6.32 Å². The molecule has 0 rings (SSSR count). The minimum absolute atomic E-state index is 0.355. The van der Waals surface area contributed by atoms with Crippen molar-refractivity contribution < 1.29 is 10.0 Å². The fourth-order valence-electron chi connectivity index (χ4n) is 1.02. The highest BCUT2D eigenvalue weighted by atomic mass is 16.4.